The Kier molecular flexibility index (Phi) is 10.4. The topological polar surface area (TPSA) is 58.6 Å². The van der Waals surface area contributed by atoms with Crippen LogP contribution in [-0.4, -0.2) is 35.9 Å². The fourth-order valence-electron chi connectivity index (χ4n) is 3.97. The lowest BCUT2D eigenvalue weighted by molar-refractivity contribution is -0.142. The fourth-order valence-corrected chi connectivity index (χ4v) is 4.08. The molecule has 0 unspecified atom stereocenters. The van der Waals surface area contributed by atoms with Crippen LogP contribution >= 0.6 is 11.6 Å². The number of rotatable bonds is 12. The molecule has 1 N–H and O–H groups in total. The first kappa shape index (κ1) is 27.3. The van der Waals surface area contributed by atoms with E-state index in [0.717, 1.165) is 35.1 Å². The molecule has 6 heteroatoms. The van der Waals surface area contributed by atoms with Crippen LogP contribution in [0.1, 0.15) is 42.0 Å². The molecular formula is C30H35ClN2O3. The molecule has 36 heavy (non-hydrogen) atoms. The van der Waals surface area contributed by atoms with Gasteiger partial charge in [0.15, 0.2) is 6.61 Å². The first-order valence-electron chi connectivity index (χ1n) is 12.4. The Morgan fingerprint density at radius 2 is 1.69 bits per heavy atom. The second-order valence-electron chi connectivity index (χ2n) is 9.00. The second kappa shape index (κ2) is 13.7. The summed E-state index contributed by atoms with van der Waals surface area (Å²) in [6, 6.07) is 22.3. The van der Waals surface area contributed by atoms with Crippen molar-refractivity contribution >= 4 is 23.4 Å². The zero-order valence-electron chi connectivity index (χ0n) is 21.3. The first-order valence-corrected chi connectivity index (χ1v) is 12.8. The molecular weight excluding hydrogens is 472 g/mol. The number of benzene rings is 3. The number of aryl methyl sites for hydroxylation is 2. The minimum absolute atomic E-state index is 0.156. The lowest BCUT2D eigenvalue weighted by Crippen LogP contribution is -2.52. The summed E-state index contributed by atoms with van der Waals surface area (Å²) in [6.07, 6.45) is 2.27. The lowest BCUT2D eigenvalue weighted by atomic mass is 10.0. The van der Waals surface area contributed by atoms with Gasteiger partial charge in [-0.1, -0.05) is 79.5 Å². The zero-order valence-corrected chi connectivity index (χ0v) is 22.1. The Morgan fingerprint density at radius 3 is 2.39 bits per heavy atom. The molecule has 0 aliphatic heterocycles. The average Bonchev–Trinajstić information content (AvgIpc) is 2.88. The van der Waals surface area contributed by atoms with Gasteiger partial charge in [-0.05, 0) is 60.7 Å². The van der Waals surface area contributed by atoms with Gasteiger partial charge in [-0.15, -0.1) is 0 Å². The van der Waals surface area contributed by atoms with E-state index in [1.54, 1.807) is 23.1 Å². The smallest absolute Gasteiger partial charge is 0.261 e. The van der Waals surface area contributed by atoms with Crippen LogP contribution in [0, 0.1) is 13.8 Å². The van der Waals surface area contributed by atoms with Gasteiger partial charge in [-0.25, -0.2) is 0 Å². The number of halogens is 1. The van der Waals surface area contributed by atoms with Crippen molar-refractivity contribution in [2.75, 3.05) is 13.2 Å². The van der Waals surface area contributed by atoms with Crippen molar-refractivity contribution in [2.24, 2.45) is 0 Å². The van der Waals surface area contributed by atoms with E-state index in [2.05, 4.69) is 12.2 Å². The van der Waals surface area contributed by atoms with E-state index < -0.39 is 6.04 Å². The molecule has 2 amide bonds. The molecule has 1 atom stereocenters. The van der Waals surface area contributed by atoms with E-state index in [9.17, 15) is 9.59 Å². The first-order chi connectivity index (χ1) is 17.4. The van der Waals surface area contributed by atoms with Crippen LogP contribution in [0.4, 0.5) is 0 Å². The number of ether oxygens (including phenoxy) is 1. The SMILES string of the molecule is CCCCNC(=O)[C@H](Cc1ccccc1)N(Cc1ccccc1C)C(=O)COc1ccc(Cl)c(C)c1. The van der Waals surface area contributed by atoms with Crippen LogP contribution in [0.2, 0.25) is 5.02 Å². The van der Waals surface area contributed by atoms with Gasteiger partial charge in [0.05, 0.1) is 0 Å². The number of hydrogen-bond acceptors (Lipinski definition) is 3. The van der Waals surface area contributed by atoms with Crippen LogP contribution in [0.5, 0.6) is 5.75 Å². The summed E-state index contributed by atoms with van der Waals surface area (Å²) in [5.74, 6) is 0.155. The van der Waals surface area contributed by atoms with Gasteiger partial charge in [0.2, 0.25) is 5.91 Å². The van der Waals surface area contributed by atoms with Gasteiger partial charge in [0.25, 0.3) is 5.91 Å². The molecule has 0 saturated carbocycles. The summed E-state index contributed by atoms with van der Waals surface area (Å²) in [4.78, 5) is 28.7. The minimum atomic E-state index is -0.674. The normalized spacial score (nSPS) is 11.6. The van der Waals surface area contributed by atoms with Gasteiger partial charge >= 0.3 is 0 Å². The highest BCUT2D eigenvalue weighted by atomic mass is 35.5. The predicted molar refractivity (Wildman–Crippen MR) is 145 cm³/mol. The number of carbonyl (C=O) groups excluding carboxylic acids is 2. The molecule has 190 valence electrons. The van der Waals surface area contributed by atoms with Gasteiger partial charge in [0.1, 0.15) is 11.8 Å². The Morgan fingerprint density at radius 1 is 0.972 bits per heavy atom. The summed E-state index contributed by atoms with van der Waals surface area (Å²) in [7, 11) is 0. The summed E-state index contributed by atoms with van der Waals surface area (Å²) < 4.78 is 5.85. The van der Waals surface area contributed by atoms with Gasteiger partial charge in [0, 0.05) is 24.5 Å². The van der Waals surface area contributed by atoms with Gasteiger partial charge in [-0.2, -0.15) is 0 Å². The molecule has 0 aliphatic carbocycles. The second-order valence-corrected chi connectivity index (χ2v) is 9.41. The van der Waals surface area contributed by atoms with Crippen molar-refractivity contribution < 1.29 is 14.3 Å². The molecule has 3 aromatic rings. The number of nitrogens with zero attached hydrogens (tertiary/aromatic N) is 1. The van der Waals surface area contributed by atoms with E-state index in [1.807, 2.05) is 68.4 Å². The molecule has 0 aromatic heterocycles. The molecule has 0 fully saturated rings. The third kappa shape index (κ3) is 7.85. The highest BCUT2D eigenvalue weighted by Crippen LogP contribution is 2.22. The summed E-state index contributed by atoms with van der Waals surface area (Å²) in [5.41, 5.74) is 3.92. The summed E-state index contributed by atoms with van der Waals surface area (Å²) in [6.45, 7) is 6.69. The van der Waals surface area contributed by atoms with Crippen molar-refractivity contribution in [3.8, 4) is 5.75 Å². The lowest BCUT2D eigenvalue weighted by Gasteiger charge is -2.32. The highest BCUT2D eigenvalue weighted by molar-refractivity contribution is 6.31. The fraction of sp³-hybridized carbons (Fsp3) is 0.333. The standard InChI is InChI=1S/C30H35ClN2O3/c1-4-5-17-32-30(35)28(19-24-12-7-6-8-13-24)33(20-25-14-10-9-11-22(25)2)29(34)21-36-26-15-16-27(31)23(3)18-26/h6-16,18,28H,4-5,17,19-21H2,1-3H3,(H,32,35)/t28-/m0/s1. The van der Waals surface area contributed by atoms with Crippen LogP contribution in [0.25, 0.3) is 0 Å². The van der Waals surface area contributed by atoms with E-state index >= 15 is 0 Å². The van der Waals surface area contributed by atoms with Gasteiger partial charge < -0.3 is 15.0 Å². The minimum Gasteiger partial charge on any atom is -0.484 e. The number of nitrogens with one attached hydrogen (secondary N) is 1. The highest BCUT2D eigenvalue weighted by Gasteiger charge is 2.30. The molecule has 0 bridgehead atoms. The molecule has 0 saturated heterocycles. The van der Waals surface area contributed by atoms with Crippen LogP contribution in [-0.2, 0) is 22.6 Å². The Bertz CT molecular complexity index is 1150. The zero-order chi connectivity index (χ0) is 25.9. The summed E-state index contributed by atoms with van der Waals surface area (Å²) in [5, 5.41) is 3.68. The molecule has 3 rings (SSSR count). The van der Waals surface area contributed by atoms with Crippen molar-refractivity contribution in [3.63, 3.8) is 0 Å². The van der Waals surface area contributed by atoms with Crippen molar-refractivity contribution in [1.29, 1.82) is 0 Å². The maximum atomic E-state index is 13.6. The monoisotopic (exact) mass is 506 g/mol. The Labute approximate surface area is 219 Å². The molecule has 0 spiro atoms. The quantitative estimate of drug-likeness (QED) is 0.311. The van der Waals surface area contributed by atoms with E-state index in [-0.39, 0.29) is 18.4 Å². The Balaban J connectivity index is 1.89. The van der Waals surface area contributed by atoms with Crippen molar-refractivity contribution in [1.82, 2.24) is 10.2 Å². The van der Waals surface area contributed by atoms with Crippen molar-refractivity contribution in [2.45, 2.75) is 52.6 Å². The molecule has 0 heterocycles. The van der Waals surface area contributed by atoms with E-state index in [1.165, 1.54) is 0 Å². The average molecular weight is 507 g/mol. The van der Waals surface area contributed by atoms with Gasteiger partial charge in [-0.3, -0.25) is 9.59 Å². The number of carbonyl (C=O) groups is 2. The predicted octanol–water partition coefficient (Wildman–Crippen LogP) is 5.89. The van der Waals surface area contributed by atoms with Crippen LogP contribution < -0.4 is 10.1 Å². The van der Waals surface area contributed by atoms with Crippen molar-refractivity contribution in [3.05, 3.63) is 100 Å². The number of amides is 2. The molecule has 3 aromatic carbocycles. The Hall–Kier alpha value is -3.31. The van der Waals surface area contributed by atoms with E-state index in [4.69, 9.17) is 16.3 Å². The molecule has 0 radical (unpaired) electrons. The van der Waals surface area contributed by atoms with Crippen LogP contribution in [0.3, 0.4) is 0 Å². The van der Waals surface area contributed by atoms with Crippen LogP contribution in [0.15, 0.2) is 72.8 Å². The maximum absolute atomic E-state index is 13.6. The number of hydrogen-bond donors (Lipinski definition) is 1. The maximum Gasteiger partial charge on any atom is 0.261 e. The van der Waals surface area contributed by atoms with E-state index in [0.29, 0.717) is 30.3 Å². The third-order valence-electron chi connectivity index (χ3n) is 6.19. The summed E-state index contributed by atoms with van der Waals surface area (Å²) >= 11 is 6.13. The molecule has 0 aliphatic rings. The molecule has 5 nitrogen and oxygen atoms in total. The third-order valence-corrected chi connectivity index (χ3v) is 6.62. The number of unbranched alkanes of at least 4 members (excludes halogenated alkanes) is 1. The largest absolute Gasteiger partial charge is 0.484 e.